The molecule has 0 aliphatic carbocycles. The number of rotatable bonds is 4. The van der Waals surface area contributed by atoms with Crippen LogP contribution in [0, 0.1) is 6.92 Å². The second-order valence-corrected chi connectivity index (χ2v) is 3.04. The summed E-state index contributed by atoms with van der Waals surface area (Å²) in [5.74, 6) is 0. The Hall–Kier alpha value is -0.820. The molecular weight excluding hydrogens is 172 g/mol. The van der Waals surface area contributed by atoms with Crippen LogP contribution in [0.3, 0.4) is 0 Å². The van der Waals surface area contributed by atoms with Crippen molar-refractivity contribution in [2.24, 2.45) is 0 Å². The van der Waals surface area contributed by atoms with Crippen molar-refractivity contribution < 1.29 is 4.74 Å². The molecule has 0 unspecified atom stereocenters. The molecule has 0 radical (unpaired) electrons. The Morgan fingerprint density at radius 3 is 2.14 bits per heavy atom. The quantitative estimate of drug-likeness (QED) is 0.659. The van der Waals surface area contributed by atoms with Crippen molar-refractivity contribution in [3.05, 3.63) is 35.4 Å². The summed E-state index contributed by atoms with van der Waals surface area (Å²) in [5.41, 5.74) is 2.56. The highest BCUT2D eigenvalue weighted by Crippen LogP contribution is 2.04. The number of hydrogen-bond acceptors (Lipinski definition) is 1. The predicted molar refractivity (Wildman–Crippen MR) is 62.5 cm³/mol. The van der Waals surface area contributed by atoms with E-state index in [1.165, 1.54) is 11.1 Å². The standard InChI is InChI=1S/C11H16O.C2H6/c1-3-8-12-9-11-6-4-10(2)5-7-11;1-2/h4-7H,3,8-9H2,1-2H3;1-2H3. The van der Waals surface area contributed by atoms with Crippen molar-refractivity contribution in [3.8, 4) is 0 Å². The van der Waals surface area contributed by atoms with Crippen molar-refractivity contribution in [1.82, 2.24) is 0 Å². The molecule has 0 atom stereocenters. The first-order valence-electron chi connectivity index (χ1n) is 5.46. The minimum atomic E-state index is 0.744. The molecule has 1 aromatic rings. The van der Waals surface area contributed by atoms with Crippen molar-refractivity contribution in [1.29, 1.82) is 0 Å². The van der Waals surface area contributed by atoms with Gasteiger partial charge in [-0.1, -0.05) is 50.6 Å². The molecule has 0 amide bonds. The Labute approximate surface area is 88.1 Å². The Morgan fingerprint density at radius 2 is 1.64 bits per heavy atom. The molecule has 0 saturated carbocycles. The molecule has 0 saturated heterocycles. The number of hydrogen-bond donors (Lipinski definition) is 0. The molecule has 1 nitrogen and oxygen atoms in total. The van der Waals surface area contributed by atoms with Gasteiger partial charge in [-0.05, 0) is 18.9 Å². The van der Waals surface area contributed by atoms with Crippen LogP contribution in [0.25, 0.3) is 0 Å². The lowest BCUT2D eigenvalue weighted by Crippen LogP contribution is -1.93. The fourth-order valence-electron chi connectivity index (χ4n) is 1.02. The molecule has 0 heterocycles. The van der Waals surface area contributed by atoms with Crippen LogP contribution >= 0.6 is 0 Å². The second-order valence-electron chi connectivity index (χ2n) is 3.04. The van der Waals surface area contributed by atoms with E-state index >= 15 is 0 Å². The highest BCUT2D eigenvalue weighted by atomic mass is 16.5. The molecule has 1 aromatic carbocycles. The maximum atomic E-state index is 5.41. The van der Waals surface area contributed by atoms with Crippen LogP contribution in [0.5, 0.6) is 0 Å². The third-order valence-electron chi connectivity index (χ3n) is 1.74. The van der Waals surface area contributed by atoms with E-state index in [2.05, 4.69) is 38.1 Å². The van der Waals surface area contributed by atoms with Crippen molar-refractivity contribution in [2.75, 3.05) is 6.61 Å². The second kappa shape index (κ2) is 8.76. The lowest BCUT2D eigenvalue weighted by atomic mass is 10.2. The highest BCUT2D eigenvalue weighted by molar-refractivity contribution is 5.20. The monoisotopic (exact) mass is 194 g/mol. The zero-order valence-corrected chi connectivity index (χ0v) is 9.84. The molecule has 0 fully saturated rings. The largest absolute Gasteiger partial charge is 0.377 e. The summed E-state index contributed by atoms with van der Waals surface area (Å²) in [7, 11) is 0. The molecule has 0 aliphatic heterocycles. The molecule has 1 heteroatoms. The van der Waals surface area contributed by atoms with Crippen LogP contribution in [-0.4, -0.2) is 6.61 Å². The first kappa shape index (κ1) is 13.2. The average molecular weight is 194 g/mol. The van der Waals surface area contributed by atoms with Gasteiger partial charge < -0.3 is 4.74 Å². The number of benzene rings is 1. The fourth-order valence-corrected chi connectivity index (χ4v) is 1.02. The van der Waals surface area contributed by atoms with Crippen molar-refractivity contribution in [2.45, 2.75) is 40.7 Å². The van der Waals surface area contributed by atoms with E-state index in [0.29, 0.717) is 0 Å². The van der Waals surface area contributed by atoms with Crippen LogP contribution in [0.1, 0.15) is 38.3 Å². The van der Waals surface area contributed by atoms with Crippen LogP contribution in [-0.2, 0) is 11.3 Å². The SMILES string of the molecule is CC.CCCOCc1ccc(C)cc1. The minimum Gasteiger partial charge on any atom is -0.377 e. The van der Waals surface area contributed by atoms with E-state index in [9.17, 15) is 0 Å². The molecule has 0 N–H and O–H groups in total. The predicted octanol–water partition coefficient (Wildman–Crippen LogP) is 3.95. The maximum absolute atomic E-state index is 5.41. The Balaban J connectivity index is 0.000000791. The zero-order chi connectivity index (χ0) is 10.8. The summed E-state index contributed by atoms with van der Waals surface area (Å²) in [5, 5.41) is 0. The fraction of sp³-hybridized carbons (Fsp3) is 0.538. The number of ether oxygens (including phenoxy) is 1. The van der Waals surface area contributed by atoms with Gasteiger partial charge in [-0.2, -0.15) is 0 Å². The molecule has 0 aliphatic rings. The summed E-state index contributed by atoms with van der Waals surface area (Å²) < 4.78 is 5.41. The topological polar surface area (TPSA) is 9.23 Å². The summed E-state index contributed by atoms with van der Waals surface area (Å²) in [6.45, 7) is 9.81. The van der Waals surface area contributed by atoms with E-state index in [4.69, 9.17) is 4.74 Å². The average Bonchev–Trinajstić information content (AvgIpc) is 2.24. The third-order valence-corrected chi connectivity index (χ3v) is 1.74. The molecule has 80 valence electrons. The first-order chi connectivity index (χ1) is 6.83. The Bertz CT molecular complexity index is 213. The van der Waals surface area contributed by atoms with Gasteiger partial charge in [0.25, 0.3) is 0 Å². The lowest BCUT2D eigenvalue weighted by molar-refractivity contribution is 0.121. The highest BCUT2D eigenvalue weighted by Gasteiger charge is 1.91. The Morgan fingerprint density at radius 1 is 1.07 bits per heavy atom. The molecule has 0 bridgehead atoms. The van der Waals surface area contributed by atoms with Gasteiger partial charge in [0, 0.05) is 6.61 Å². The normalized spacial score (nSPS) is 9.14. The molecular formula is C13H22O. The minimum absolute atomic E-state index is 0.744. The van der Waals surface area contributed by atoms with Crippen LogP contribution < -0.4 is 0 Å². The zero-order valence-electron chi connectivity index (χ0n) is 9.84. The van der Waals surface area contributed by atoms with E-state index in [0.717, 1.165) is 19.6 Å². The summed E-state index contributed by atoms with van der Waals surface area (Å²) in [6.07, 6.45) is 1.09. The molecule has 14 heavy (non-hydrogen) atoms. The van der Waals surface area contributed by atoms with Gasteiger partial charge in [-0.25, -0.2) is 0 Å². The Kier molecular flexibility index (Phi) is 8.25. The van der Waals surface area contributed by atoms with Gasteiger partial charge in [0.15, 0.2) is 0 Å². The lowest BCUT2D eigenvalue weighted by Gasteiger charge is -2.02. The molecule has 0 spiro atoms. The van der Waals surface area contributed by atoms with Crippen molar-refractivity contribution >= 4 is 0 Å². The van der Waals surface area contributed by atoms with Crippen molar-refractivity contribution in [3.63, 3.8) is 0 Å². The molecule has 0 aromatic heterocycles. The summed E-state index contributed by atoms with van der Waals surface area (Å²) in [6, 6.07) is 8.46. The summed E-state index contributed by atoms with van der Waals surface area (Å²) in [4.78, 5) is 0. The number of aryl methyl sites for hydroxylation is 1. The maximum Gasteiger partial charge on any atom is 0.0716 e. The van der Waals surface area contributed by atoms with E-state index in [1.807, 2.05) is 13.8 Å². The van der Waals surface area contributed by atoms with E-state index in [-0.39, 0.29) is 0 Å². The molecule has 1 rings (SSSR count). The first-order valence-corrected chi connectivity index (χ1v) is 5.46. The van der Waals surface area contributed by atoms with Crippen LogP contribution in [0.4, 0.5) is 0 Å². The smallest absolute Gasteiger partial charge is 0.0716 e. The van der Waals surface area contributed by atoms with Gasteiger partial charge in [0.1, 0.15) is 0 Å². The van der Waals surface area contributed by atoms with Gasteiger partial charge >= 0.3 is 0 Å². The van der Waals surface area contributed by atoms with Gasteiger partial charge in [0.05, 0.1) is 6.61 Å². The third kappa shape index (κ3) is 5.76. The van der Waals surface area contributed by atoms with Gasteiger partial charge in [-0.3, -0.25) is 0 Å². The van der Waals surface area contributed by atoms with E-state index in [1.54, 1.807) is 0 Å². The van der Waals surface area contributed by atoms with Gasteiger partial charge in [0.2, 0.25) is 0 Å². The summed E-state index contributed by atoms with van der Waals surface area (Å²) >= 11 is 0. The van der Waals surface area contributed by atoms with E-state index < -0.39 is 0 Å². The van der Waals surface area contributed by atoms with Crippen LogP contribution in [0.15, 0.2) is 24.3 Å². The van der Waals surface area contributed by atoms with Gasteiger partial charge in [-0.15, -0.1) is 0 Å². The van der Waals surface area contributed by atoms with Crippen LogP contribution in [0.2, 0.25) is 0 Å².